The number of benzene rings is 1. The van der Waals surface area contributed by atoms with E-state index in [1.165, 1.54) is 32.1 Å². The Balaban J connectivity index is 1.83. The third kappa shape index (κ3) is 2.27. The average Bonchev–Trinajstić information content (AvgIpc) is 3.32. The van der Waals surface area contributed by atoms with Crippen molar-refractivity contribution in [2.45, 2.75) is 51.0 Å². The molecule has 6 heteroatoms. The number of hydrogen-bond donors (Lipinski definition) is 0. The van der Waals surface area contributed by atoms with Crippen LogP contribution in [0.3, 0.4) is 0 Å². The van der Waals surface area contributed by atoms with Crippen molar-refractivity contribution < 1.29 is 0 Å². The molecule has 1 saturated heterocycles. The van der Waals surface area contributed by atoms with Crippen molar-refractivity contribution in [1.29, 1.82) is 0 Å². The van der Waals surface area contributed by atoms with Crippen molar-refractivity contribution in [1.82, 2.24) is 19.2 Å². The zero-order valence-electron chi connectivity index (χ0n) is 14.4. The Morgan fingerprint density at radius 2 is 1.68 bits per heavy atom. The molecule has 2 fully saturated rings. The van der Waals surface area contributed by atoms with Crippen LogP contribution >= 0.6 is 0 Å². The lowest BCUT2D eigenvalue weighted by molar-refractivity contribution is 0.351. The van der Waals surface area contributed by atoms with Crippen LogP contribution in [-0.2, 0) is 0 Å². The first-order valence-corrected chi connectivity index (χ1v) is 9.48. The summed E-state index contributed by atoms with van der Waals surface area (Å²) in [7, 11) is 0. The summed E-state index contributed by atoms with van der Waals surface area (Å²) in [4.78, 5) is 15.5. The Bertz CT molecular complexity index is 977. The first kappa shape index (κ1) is 14.9. The Kier molecular flexibility index (Phi) is 3.50. The molecule has 5 rings (SSSR count). The molecule has 0 spiro atoms. The van der Waals surface area contributed by atoms with E-state index in [4.69, 9.17) is 0 Å². The van der Waals surface area contributed by atoms with E-state index >= 15 is 0 Å². The Morgan fingerprint density at radius 3 is 2.48 bits per heavy atom. The maximum Gasteiger partial charge on any atom is 0.263 e. The number of hydrogen-bond acceptors (Lipinski definition) is 4. The molecule has 0 atom stereocenters. The van der Waals surface area contributed by atoms with E-state index in [2.05, 4.69) is 19.5 Å². The topological polar surface area (TPSA) is 55.4 Å². The highest BCUT2D eigenvalue weighted by molar-refractivity contribution is 5.81. The van der Waals surface area contributed by atoms with E-state index in [-0.39, 0.29) is 11.6 Å². The third-order valence-corrected chi connectivity index (χ3v) is 5.77. The second-order valence-electron chi connectivity index (χ2n) is 7.31. The van der Waals surface area contributed by atoms with Gasteiger partial charge in [0.1, 0.15) is 0 Å². The fourth-order valence-corrected chi connectivity index (χ4v) is 4.50. The standard InChI is InChI=1S/C19H23N5O/c25-17-15-10-4-5-11-16(15)24-18(22-12-6-7-13-22)20-21-19(24)23(17)14-8-2-1-3-9-14/h4-5,10-11,14H,1-3,6-9,12-13H2. The molecular formula is C19H23N5O. The van der Waals surface area contributed by atoms with Crippen molar-refractivity contribution in [3.8, 4) is 0 Å². The molecule has 130 valence electrons. The quantitative estimate of drug-likeness (QED) is 0.721. The molecule has 2 aromatic heterocycles. The largest absolute Gasteiger partial charge is 0.341 e. The van der Waals surface area contributed by atoms with E-state index in [1.54, 1.807) is 0 Å². The number of nitrogens with zero attached hydrogens (tertiary/aromatic N) is 5. The fourth-order valence-electron chi connectivity index (χ4n) is 4.50. The molecule has 25 heavy (non-hydrogen) atoms. The number of aromatic nitrogens is 4. The predicted molar refractivity (Wildman–Crippen MR) is 98.3 cm³/mol. The highest BCUT2D eigenvalue weighted by Gasteiger charge is 2.26. The smallest absolute Gasteiger partial charge is 0.263 e. The number of para-hydroxylation sites is 1. The van der Waals surface area contributed by atoms with Gasteiger partial charge in [-0.05, 0) is 37.8 Å². The molecule has 0 amide bonds. The van der Waals surface area contributed by atoms with Crippen molar-refractivity contribution >= 4 is 22.6 Å². The molecule has 6 nitrogen and oxygen atoms in total. The SMILES string of the molecule is O=c1c2ccccc2n2c(N3CCCC3)nnc2n1C1CCCCC1. The second kappa shape index (κ2) is 5.86. The van der Waals surface area contributed by atoms with Gasteiger partial charge in [0.15, 0.2) is 0 Å². The Labute approximate surface area is 146 Å². The van der Waals surface area contributed by atoms with E-state index in [0.29, 0.717) is 5.78 Å². The first-order chi connectivity index (χ1) is 12.3. The molecule has 1 aromatic carbocycles. The molecule has 0 bridgehead atoms. The van der Waals surface area contributed by atoms with Gasteiger partial charge in [0.25, 0.3) is 5.56 Å². The number of fused-ring (bicyclic) bond motifs is 3. The van der Waals surface area contributed by atoms with Gasteiger partial charge in [0, 0.05) is 19.1 Å². The van der Waals surface area contributed by atoms with Gasteiger partial charge in [-0.2, -0.15) is 0 Å². The van der Waals surface area contributed by atoms with Crippen LogP contribution in [0.5, 0.6) is 0 Å². The first-order valence-electron chi connectivity index (χ1n) is 9.48. The normalized spacial score (nSPS) is 19.3. The van der Waals surface area contributed by atoms with Crippen molar-refractivity contribution in [2.75, 3.05) is 18.0 Å². The summed E-state index contributed by atoms with van der Waals surface area (Å²) in [6.07, 6.45) is 8.12. The molecule has 1 aliphatic heterocycles. The van der Waals surface area contributed by atoms with Gasteiger partial charge in [-0.25, -0.2) is 4.40 Å². The lowest BCUT2D eigenvalue weighted by Gasteiger charge is -2.25. The van der Waals surface area contributed by atoms with Crippen molar-refractivity contribution in [3.05, 3.63) is 34.6 Å². The predicted octanol–water partition coefficient (Wildman–Crippen LogP) is 3.15. The summed E-state index contributed by atoms with van der Waals surface area (Å²) in [5.74, 6) is 1.59. The molecule has 0 N–H and O–H groups in total. The van der Waals surface area contributed by atoms with Crippen LogP contribution in [0.1, 0.15) is 51.0 Å². The van der Waals surface area contributed by atoms with E-state index in [1.807, 2.05) is 28.8 Å². The molecule has 2 aliphatic rings. The van der Waals surface area contributed by atoms with Crippen LogP contribution in [0.2, 0.25) is 0 Å². The van der Waals surface area contributed by atoms with Crippen LogP contribution in [0.15, 0.2) is 29.1 Å². The van der Waals surface area contributed by atoms with E-state index in [9.17, 15) is 4.79 Å². The van der Waals surface area contributed by atoms with Gasteiger partial charge in [0.2, 0.25) is 11.7 Å². The van der Waals surface area contributed by atoms with Crippen molar-refractivity contribution in [3.63, 3.8) is 0 Å². The number of anilines is 1. The zero-order chi connectivity index (χ0) is 16.8. The molecular weight excluding hydrogens is 314 g/mol. The summed E-state index contributed by atoms with van der Waals surface area (Å²) in [5, 5.41) is 9.75. The molecule has 0 unspecified atom stereocenters. The number of rotatable bonds is 2. The van der Waals surface area contributed by atoms with Gasteiger partial charge in [0.05, 0.1) is 10.9 Å². The maximum absolute atomic E-state index is 13.2. The summed E-state index contributed by atoms with van der Waals surface area (Å²) in [6, 6.07) is 8.12. The van der Waals surface area contributed by atoms with E-state index < -0.39 is 0 Å². The molecule has 1 aliphatic carbocycles. The third-order valence-electron chi connectivity index (χ3n) is 5.77. The van der Waals surface area contributed by atoms with Crippen LogP contribution < -0.4 is 10.5 Å². The fraction of sp³-hybridized carbons (Fsp3) is 0.526. The van der Waals surface area contributed by atoms with E-state index in [0.717, 1.165) is 42.8 Å². The molecule has 0 radical (unpaired) electrons. The minimum Gasteiger partial charge on any atom is -0.341 e. The van der Waals surface area contributed by atoms with Crippen LogP contribution in [0, 0.1) is 0 Å². The molecule has 1 saturated carbocycles. The lowest BCUT2D eigenvalue weighted by atomic mass is 9.95. The molecule has 3 aromatic rings. The van der Waals surface area contributed by atoms with Gasteiger partial charge in [-0.3, -0.25) is 9.36 Å². The summed E-state index contributed by atoms with van der Waals surface area (Å²) >= 11 is 0. The minimum atomic E-state index is 0.0790. The zero-order valence-corrected chi connectivity index (χ0v) is 14.4. The lowest BCUT2D eigenvalue weighted by Crippen LogP contribution is -2.29. The summed E-state index contributed by atoms with van der Waals surface area (Å²) < 4.78 is 4.03. The highest BCUT2D eigenvalue weighted by Crippen LogP contribution is 2.30. The highest BCUT2D eigenvalue weighted by atomic mass is 16.1. The Morgan fingerprint density at radius 1 is 0.920 bits per heavy atom. The van der Waals surface area contributed by atoms with Gasteiger partial charge < -0.3 is 4.90 Å². The van der Waals surface area contributed by atoms with Crippen molar-refractivity contribution in [2.24, 2.45) is 0 Å². The monoisotopic (exact) mass is 337 g/mol. The second-order valence-corrected chi connectivity index (χ2v) is 7.31. The van der Waals surface area contributed by atoms with Gasteiger partial charge in [-0.1, -0.05) is 31.4 Å². The average molecular weight is 337 g/mol. The van der Waals surface area contributed by atoms with Crippen LogP contribution in [0.25, 0.3) is 16.7 Å². The van der Waals surface area contributed by atoms with Gasteiger partial charge in [-0.15, -0.1) is 10.2 Å². The summed E-state index contributed by atoms with van der Waals surface area (Å²) in [5.41, 5.74) is 0.997. The molecule has 3 heterocycles. The van der Waals surface area contributed by atoms with Gasteiger partial charge >= 0.3 is 0 Å². The maximum atomic E-state index is 13.2. The van der Waals surface area contributed by atoms with Crippen LogP contribution in [0.4, 0.5) is 5.95 Å². The minimum absolute atomic E-state index is 0.0790. The summed E-state index contributed by atoms with van der Waals surface area (Å²) in [6.45, 7) is 2.02. The van der Waals surface area contributed by atoms with Crippen LogP contribution in [-0.4, -0.2) is 32.3 Å². The Hall–Kier alpha value is -2.37.